The molecule has 0 aromatic heterocycles. The Kier molecular flexibility index (Phi) is 5.54. The quantitative estimate of drug-likeness (QED) is 0.801. The van der Waals surface area contributed by atoms with Crippen molar-refractivity contribution in [3.8, 4) is 0 Å². The van der Waals surface area contributed by atoms with Crippen LogP contribution in [0.4, 0.5) is 0 Å². The van der Waals surface area contributed by atoms with Crippen molar-refractivity contribution in [3.63, 3.8) is 0 Å². The lowest BCUT2D eigenvalue weighted by Gasteiger charge is -2.34. The Morgan fingerprint density at radius 3 is 2.54 bits per heavy atom. The molecule has 0 saturated heterocycles. The molecule has 1 N–H and O–H groups in total. The second kappa shape index (κ2) is 7.64. The molecule has 0 aliphatic heterocycles. The number of methoxy groups -OCH3 is 1. The van der Waals surface area contributed by atoms with E-state index in [2.05, 4.69) is 0 Å². The van der Waals surface area contributed by atoms with Gasteiger partial charge >= 0.3 is 0 Å². The zero-order chi connectivity index (χ0) is 17.1. The molecule has 0 spiro atoms. The minimum absolute atomic E-state index is 0.00365. The average molecular weight is 332 g/mol. The highest BCUT2D eigenvalue weighted by molar-refractivity contribution is 6.02. The lowest BCUT2D eigenvalue weighted by Crippen LogP contribution is -2.37. The smallest absolute Gasteiger partial charge is 0.200 e. The third-order valence-corrected chi connectivity index (χ3v) is 5.92. The second-order valence-corrected chi connectivity index (χ2v) is 7.58. The summed E-state index contributed by atoms with van der Waals surface area (Å²) in [5, 5.41) is 10.1. The summed E-state index contributed by atoms with van der Waals surface area (Å²) in [6.07, 6.45) is 12.4. The van der Waals surface area contributed by atoms with E-state index >= 15 is 0 Å². The third-order valence-electron chi connectivity index (χ3n) is 5.92. The number of carbonyl (C=O) groups excluding carboxylic acids is 2. The van der Waals surface area contributed by atoms with Crippen LogP contribution in [0.3, 0.4) is 0 Å². The molecule has 4 nitrogen and oxygen atoms in total. The number of ketones is 2. The van der Waals surface area contributed by atoms with Gasteiger partial charge in [-0.3, -0.25) is 9.59 Å². The van der Waals surface area contributed by atoms with Crippen molar-refractivity contribution in [3.05, 3.63) is 24.0 Å². The fourth-order valence-electron chi connectivity index (χ4n) is 4.49. The predicted octanol–water partition coefficient (Wildman–Crippen LogP) is 3.20. The van der Waals surface area contributed by atoms with Gasteiger partial charge in [-0.05, 0) is 62.5 Å². The molecule has 1 fully saturated rings. The molecule has 3 rings (SSSR count). The Labute approximate surface area is 144 Å². The first-order chi connectivity index (χ1) is 11.6. The monoisotopic (exact) mass is 332 g/mol. The molecule has 5 unspecified atom stereocenters. The van der Waals surface area contributed by atoms with E-state index in [1.165, 1.54) is 0 Å². The molecule has 0 aromatic carbocycles. The SMILES string of the molecule is COC1=CC2CCCCC(O)CCC3C=CC(=O)C(C3)C(C2)C1=O. The molecular formula is C20H28O4. The number of hydrogen-bond acceptors (Lipinski definition) is 4. The molecule has 4 heteroatoms. The van der Waals surface area contributed by atoms with Gasteiger partial charge in [0, 0.05) is 11.8 Å². The standard InChI is InChI=1S/C20H28O4/c1-24-19-12-14-4-2-3-5-15(21)8-6-13-7-9-18(22)16(10-13)17(11-14)20(19)23/h7,9,12-17,21H,2-6,8,10-11H2,1H3. The first kappa shape index (κ1) is 17.4. The van der Waals surface area contributed by atoms with Crippen LogP contribution >= 0.6 is 0 Å². The van der Waals surface area contributed by atoms with E-state index in [9.17, 15) is 14.7 Å². The number of hydrogen-bond donors (Lipinski definition) is 1. The Balaban J connectivity index is 1.87. The summed E-state index contributed by atoms with van der Waals surface area (Å²) in [6.45, 7) is 0. The maximum absolute atomic E-state index is 12.7. The maximum atomic E-state index is 12.7. The van der Waals surface area contributed by atoms with Gasteiger partial charge in [-0.25, -0.2) is 0 Å². The topological polar surface area (TPSA) is 63.6 Å². The van der Waals surface area contributed by atoms with Gasteiger partial charge in [-0.1, -0.05) is 18.9 Å². The van der Waals surface area contributed by atoms with Gasteiger partial charge in [0.15, 0.2) is 11.5 Å². The molecule has 132 valence electrons. The van der Waals surface area contributed by atoms with Crippen molar-refractivity contribution >= 4 is 11.6 Å². The van der Waals surface area contributed by atoms with E-state index < -0.39 is 0 Å². The number of aliphatic hydroxyl groups is 1. The van der Waals surface area contributed by atoms with Crippen LogP contribution < -0.4 is 0 Å². The van der Waals surface area contributed by atoms with Crippen LogP contribution in [-0.2, 0) is 14.3 Å². The third kappa shape index (κ3) is 3.80. The van der Waals surface area contributed by atoms with Crippen LogP contribution in [0.1, 0.15) is 51.4 Å². The molecule has 3 aliphatic rings. The molecule has 0 aromatic rings. The van der Waals surface area contributed by atoms with Gasteiger partial charge in [0.05, 0.1) is 13.2 Å². The molecule has 3 aliphatic carbocycles. The summed E-state index contributed by atoms with van der Waals surface area (Å²) >= 11 is 0. The lowest BCUT2D eigenvalue weighted by molar-refractivity contribution is -0.132. The number of allylic oxidation sites excluding steroid dienone is 4. The highest BCUT2D eigenvalue weighted by Crippen LogP contribution is 2.39. The van der Waals surface area contributed by atoms with E-state index in [0.717, 1.165) is 51.4 Å². The van der Waals surface area contributed by atoms with E-state index in [1.807, 2.05) is 12.2 Å². The molecule has 0 radical (unpaired) electrons. The van der Waals surface area contributed by atoms with Crippen molar-refractivity contribution in [1.29, 1.82) is 0 Å². The summed E-state index contributed by atoms with van der Waals surface area (Å²) in [5.74, 6) is 0.605. The molecule has 0 amide bonds. The van der Waals surface area contributed by atoms with Crippen molar-refractivity contribution < 1.29 is 19.4 Å². The van der Waals surface area contributed by atoms with Crippen molar-refractivity contribution in [2.45, 2.75) is 57.5 Å². The molecule has 1 saturated carbocycles. The predicted molar refractivity (Wildman–Crippen MR) is 91.1 cm³/mol. The first-order valence-electron chi connectivity index (χ1n) is 9.28. The van der Waals surface area contributed by atoms with Gasteiger partial charge in [0.25, 0.3) is 0 Å². The van der Waals surface area contributed by atoms with Crippen LogP contribution in [0, 0.1) is 23.7 Å². The summed E-state index contributed by atoms with van der Waals surface area (Å²) in [6, 6.07) is 0. The number of Topliss-reactive ketones (excluding diaryl/α,β-unsaturated/α-hetero) is 1. The first-order valence-corrected chi connectivity index (χ1v) is 9.28. The highest BCUT2D eigenvalue weighted by Gasteiger charge is 2.41. The zero-order valence-corrected chi connectivity index (χ0v) is 14.4. The fraction of sp³-hybridized carbons (Fsp3) is 0.700. The average Bonchev–Trinajstić information content (AvgIpc) is 2.59. The van der Waals surface area contributed by atoms with E-state index in [1.54, 1.807) is 13.2 Å². The van der Waals surface area contributed by atoms with E-state index in [0.29, 0.717) is 5.76 Å². The summed E-state index contributed by atoms with van der Waals surface area (Å²) in [7, 11) is 1.54. The number of aliphatic hydroxyl groups excluding tert-OH is 1. The number of carbonyl (C=O) groups is 2. The van der Waals surface area contributed by atoms with E-state index in [-0.39, 0.29) is 41.3 Å². The number of fused-ring (bicyclic) bond motifs is 5. The van der Waals surface area contributed by atoms with Crippen LogP contribution in [-0.4, -0.2) is 29.9 Å². The summed E-state index contributed by atoms with van der Waals surface area (Å²) < 4.78 is 5.32. The van der Waals surface area contributed by atoms with E-state index in [4.69, 9.17) is 4.74 Å². The zero-order valence-electron chi connectivity index (χ0n) is 14.4. The van der Waals surface area contributed by atoms with Crippen LogP contribution in [0.2, 0.25) is 0 Å². The number of ether oxygens (including phenoxy) is 1. The minimum Gasteiger partial charge on any atom is -0.493 e. The normalized spacial score (nSPS) is 37.8. The van der Waals surface area contributed by atoms with Crippen LogP contribution in [0.25, 0.3) is 0 Å². The Bertz CT molecular complexity index is 548. The largest absolute Gasteiger partial charge is 0.493 e. The molecular weight excluding hydrogens is 304 g/mol. The Morgan fingerprint density at radius 2 is 1.75 bits per heavy atom. The number of rotatable bonds is 1. The summed E-state index contributed by atoms with van der Waals surface area (Å²) in [5.41, 5.74) is 0. The Hall–Kier alpha value is -1.42. The molecule has 0 heterocycles. The lowest BCUT2D eigenvalue weighted by atomic mass is 9.69. The Morgan fingerprint density at radius 1 is 1.00 bits per heavy atom. The van der Waals surface area contributed by atoms with Gasteiger partial charge in [-0.2, -0.15) is 0 Å². The van der Waals surface area contributed by atoms with Gasteiger partial charge < -0.3 is 9.84 Å². The van der Waals surface area contributed by atoms with Crippen LogP contribution in [0.15, 0.2) is 24.0 Å². The van der Waals surface area contributed by atoms with Gasteiger partial charge in [0.2, 0.25) is 5.78 Å². The van der Waals surface area contributed by atoms with Gasteiger partial charge in [0.1, 0.15) is 0 Å². The molecule has 4 bridgehead atoms. The fourth-order valence-corrected chi connectivity index (χ4v) is 4.49. The van der Waals surface area contributed by atoms with Crippen LogP contribution in [0.5, 0.6) is 0 Å². The molecule has 5 atom stereocenters. The maximum Gasteiger partial charge on any atom is 0.200 e. The second-order valence-electron chi connectivity index (χ2n) is 7.58. The van der Waals surface area contributed by atoms with Crippen molar-refractivity contribution in [2.24, 2.45) is 23.7 Å². The van der Waals surface area contributed by atoms with Crippen molar-refractivity contribution in [2.75, 3.05) is 7.11 Å². The van der Waals surface area contributed by atoms with Crippen molar-refractivity contribution in [1.82, 2.24) is 0 Å². The summed E-state index contributed by atoms with van der Waals surface area (Å²) in [4.78, 5) is 25.2. The minimum atomic E-state index is -0.249. The van der Waals surface area contributed by atoms with Gasteiger partial charge in [-0.15, -0.1) is 0 Å². The highest BCUT2D eigenvalue weighted by atomic mass is 16.5. The molecule has 24 heavy (non-hydrogen) atoms.